The monoisotopic (exact) mass is 248 g/mol. The van der Waals surface area contributed by atoms with Crippen LogP contribution in [0.4, 0.5) is 0 Å². The summed E-state index contributed by atoms with van der Waals surface area (Å²) < 4.78 is 5.66. The molecule has 0 aliphatic carbocycles. The fraction of sp³-hybridized carbons (Fsp3) is 0.364. The zero-order valence-electron chi connectivity index (χ0n) is 9.17. The molecule has 0 spiro atoms. The van der Waals surface area contributed by atoms with Crippen molar-refractivity contribution >= 4 is 11.3 Å². The summed E-state index contributed by atoms with van der Waals surface area (Å²) in [5.41, 5.74) is 1.67. The van der Waals surface area contributed by atoms with Crippen LogP contribution in [0.2, 0.25) is 0 Å². The van der Waals surface area contributed by atoms with Gasteiger partial charge in [-0.15, -0.1) is 11.3 Å². The molecule has 6 heteroatoms. The van der Waals surface area contributed by atoms with E-state index in [0.717, 1.165) is 36.1 Å². The van der Waals surface area contributed by atoms with Gasteiger partial charge in [-0.25, -0.2) is 4.98 Å². The second-order valence-corrected chi connectivity index (χ2v) is 4.61. The Kier molecular flexibility index (Phi) is 3.08. The molecule has 0 saturated carbocycles. The summed E-state index contributed by atoms with van der Waals surface area (Å²) in [5, 5.41) is 6.29. The average molecular weight is 248 g/mol. The number of morpholine rings is 1. The fourth-order valence-electron chi connectivity index (χ4n) is 1.71. The smallest absolute Gasteiger partial charge is 0.124 e. The molecule has 5 nitrogen and oxygen atoms in total. The largest absolute Gasteiger partial charge is 0.368 e. The van der Waals surface area contributed by atoms with E-state index < -0.39 is 0 Å². The van der Waals surface area contributed by atoms with Crippen LogP contribution in [0.25, 0.3) is 11.4 Å². The summed E-state index contributed by atoms with van der Waals surface area (Å²) in [4.78, 5) is 12.8. The van der Waals surface area contributed by atoms with Gasteiger partial charge in [-0.2, -0.15) is 0 Å². The molecule has 17 heavy (non-hydrogen) atoms. The van der Waals surface area contributed by atoms with Gasteiger partial charge in [0.05, 0.1) is 12.8 Å². The van der Waals surface area contributed by atoms with Gasteiger partial charge >= 0.3 is 0 Å². The Bertz CT molecular complexity index is 481. The molecule has 1 fully saturated rings. The standard InChI is InChI=1S/C11H12N4OS/c1-2-14-8(5-12-1)9-7-17-11(15-9)10-6-13-3-4-16-10/h1-2,5,7,10,13H,3-4,6H2. The Labute approximate surface area is 103 Å². The van der Waals surface area contributed by atoms with E-state index in [0.29, 0.717) is 0 Å². The van der Waals surface area contributed by atoms with Gasteiger partial charge < -0.3 is 10.1 Å². The minimum Gasteiger partial charge on any atom is -0.368 e. The molecule has 1 saturated heterocycles. The molecule has 3 rings (SSSR count). The second-order valence-electron chi connectivity index (χ2n) is 3.73. The number of hydrogen-bond donors (Lipinski definition) is 1. The summed E-state index contributed by atoms with van der Waals surface area (Å²) in [5.74, 6) is 0. The summed E-state index contributed by atoms with van der Waals surface area (Å²) in [6.45, 7) is 2.48. The molecule has 0 aromatic carbocycles. The van der Waals surface area contributed by atoms with Gasteiger partial charge in [0.1, 0.15) is 22.5 Å². The lowest BCUT2D eigenvalue weighted by Crippen LogP contribution is -2.33. The van der Waals surface area contributed by atoms with Gasteiger partial charge in [-0.3, -0.25) is 9.97 Å². The average Bonchev–Trinajstić information content (AvgIpc) is 2.90. The van der Waals surface area contributed by atoms with E-state index in [2.05, 4.69) is 20.3 Å². The van der Waals surface area contributed by atoms with Crippen LogP contribution in [-0.4, -0.2) is 34.6 Å². The molecule has 1 N–H and O–H groups in total. The molecule has 0 amide bonds. The van der Waals surface area contributed by atoms with E-state index in [1.54, 1.807) is 29.9 Å². The SMILES string of the molecule is c1cnc(-c2csc(C3CNCCO3)n2)cn1. The maximum Gasteiger partial charge on any atom is 0.124 e. The lowest BCUT2D eigenvalue weighted by atomic mass is 10.3. The van der Waals surface area contributed by atoms with Crippen LogP contribution in [0.5, 0.6) is 0 Å². The van der Waals surface area contributed by atoms with E-state index in [1.165, 1.54) is 0 Å². The van der Waals surface area contributed by atoms with E-state index >= 15 is 0 Å². The molecular formula is C11H12N4OS. The number of rotatable bonds is 2. The summed E-state index contributed by atoms with van der Waals surface area (Å²) in [6, 6.07) is 0. The minimum absolute atomic E-state index is 0.0687. The third-order valence-electron chi connectivity index (χ3n) is 2.55. The van der Waals surface area contributed by atoms with Crippen molar-refractivity contribution < 1.29 is 4.74 Å². The van der Waals surface area contributed by atoms with Crippen molar-refractivity contribution in [2.45, 2.75) is 6.10 Å². The van der Waals surface area contributed by atoms with Gasteiger partial charge in [-0.1, -0.05) is 0 Å². The van der Waals surface area contributed by atoms with Crippen LogP contribution in [-0.2, 0) is 4.74 Å². The number of ether oxygens (including phenoxy) is 1. The zero-order chi connectivity index (χ0) is 11.5. The molecule has 88 valence electrons. The Balaban J connectivity index is 1.83. The van der Waals surface area contributed by atoms with Crippen molar-refractivity contribution in [2.24, 2.45) is 0 Å². The molecule has 0 radical (unpaired) electrons. The quantitative estimate of drug-likeness (QED) is 0.867. The molecular weight excluding hydrogens is 236 g/mol. The highest BCUT2D eigenvalue weighted by Gasteiger charge is 2.19. The molecule has 2 aromatic heterocycles. The van der Waals surface area contributed by atoms with Crippen molar-refractivity contribution in [1.82, 2.24) is 20.3 Å². The van der Waals surface area contributed by atoms with E-state index in [9.17, 15) is 0 Å². The molecule has 1 atom stereocenters. The van der Waals surface area contributed by atoms with E-state index in [1.807, 2.05) is 5.38 Å². The first-order valence-electron chi connectivity index (χ1n) is 5.47. The fourth-order valence-corrected chi connectivity index (χ4v) is 2.57. The van der Waals surface area contributed by atoms with Gasteiger partial charge in [0, 0.05) is 30.9 Å². The predicted molar refractivity (Wildman–Crippen MR) is 64.7 cm³/mol. The molecule has 2 aromatic rings. The molecule has 1 aliphatic heterocycles. The minimum atomic E-state index is 0.0687. The van der Waals surface area contributed by atoms with Gasteiger partial charge in [0.15, 0.2) is 0 Å². The first kappa shape index (κ1) is 10.8. The van der Waals surface area contributed by atoms with Crippen molar-refractivity contribution in [2.75, 3.05) is 19.7 Å². The van der Waals surface area contributed by atoms with Crippen molar-refractivity contribution in [3.8, 4) is 11.4 Å². The Hall–Kier alpha value is -1.37. The highest BCUT2D eigenvalue weighted by molar-refractivity contribution is 7.10. The third-order valence-corrected chi connectivity index (χ3v) is 3.49. The van der Waals surface area contributed by atoms with Gasteiger partial charge in [0.2, 0.25) is 0 Å². The van der Waals surface area contributed by atoms with E-state index in [-0.39, 0.29) is 6.10 Å². The zero-order valence-corrected chi connectivity index (χ0v) is 9.98. The van der Waals surface area contributed by atoms with Crippen LogP contribution >= 0.6 is 11.3 Å². The van der Waals surface area contributed by atoms with Gasteiger partial charge in [0.25, 0.3) is 0 Å². The Morgan fingerprint density at radius 1 is 1.35 bits per heavy atom. The van der Waals surface area contributed by atoms with Crippen LogP contribution in [0, 0.1) is 0 Å². The maximum atomic E-state index is 5.66. The Morgan fingerprint density at radius 2 is 2.35 bits per heavy atom. The number of hydrogen-bond acceptors (Lipinski definition) is 6. The lowest BCUT2D eigenvalue weighted by Gasteiger charge is -2.21. The highest BCUT2D eigenvalue weighted by Crippen LogP contribution is 2.26. The molecule has 1 unspecified atom stereocenters. The van der Waals surface area contributed by atoms with E-state index in [4.69, 9.17) is 4.74 Å². The third kappa shape index (κ3) is 2.33. The molecule has 0 bridgehead atoms. The Morgan fingerprint density at radius 3 is 3.12 bits per heavy atom. The summed E-state index contributed by atoms with van der Waals surface area (Å²) in [7, 11) is 0. The van der Waals surface area contributed by atoms with Gasteiger partial charge in [-0.05, 0) is 0 Å². The first-order chi connectivity index (χ1) is 8.43. The molecule has 1 aliphatic rings. The van der Waals surface area contributed by atoms with Crippen LogP contribution in [0.3, 0.4) is 0 Å². The normalized spacial score (nSPS) is 20.4. The summed E-state index contributed by atoms with van der Waals surface area (Å²) in [6.07, 6.45) is 5.12. The topological polar surface area (TPSA) is 59.9 Å². The first-order valence-corrected chi connectivity index (χ1v) is 6.35. The van der Waals surface area contributed by atoms with Crippen LogP contribution < -0.4 is 5.32 Å². The predicted octanol–water partition coefficient (Wildman–Crippen LogP) is 1.26. The maximum absolute atomic E-state index is 5.66. The molecule has 3 heterocycles. The number of nitrogens with one attached hydrogen (secondary N) is 1. The van der Waals surface area contributed by atoms with Crippen molar-refractivity contribution in [1.29, 1.82) is 0 Å². The second kappa shape index (κ2) is 4.87. The number of nitrogens with zero attached hydrogens (tertiary/aromatic N) is 3. The number of aromatic nitrogens is 3. The van der Waals surface area contributed by atoms with Crippen molar-refractivity contribution in [3.63, 3.8) is 0 Å². The van der Waals surface area contributed by atoms with Crippen molar-refractivity contribution in [3.05, 3.63) is 29.0 Å². The van der Waals surface area contributed by atoms with Crippen LogP contribution in [0.15, 0.2) is 24.0 Å². The highest BCUT2D eigenvalue weighted by atomic mass is 32.1. The number of thiazole rings is 1. The van der Waals surface area contributed by atoms with Crippen LogP contribution in [0.1, 0.15) is 11.1 Å². The lowest BCUT2D eigenvalue weighted by molar-refractivity contribution is 0.0276. The summed E-state index contributed by atoms with van der Waals surface area (Å²) >= 11 is 1.61.